The predicted octanol–water partition coefficient (Wildman–Crippen LogP) is 12.6. The Morgan fingerprint density at radius 3 is 1.11 bits per heavy atom. The molecule has 0 radical (unpaired) electrons. The molecule has 0 bridgehead atoms. The summed E-state index contributed by atoms with van der Waals surface area (Å²) in [5, 5.41) is 27.3. The second-order valence-corrected chi connectivity index (χ2v) is 20.5. The van der Waals surface area contributed by atoms with E-state index < -0.39 is 5.97 Å². The summed E-state index contributed by atoms with van der Waals surface area (Å²) in [5.74, 6) is 4.30. The van der Waals surface area contributed by atoms with Crippen molar-refractivity contribution in [2.75, 3.05) is 72.6 Å². The van der Waals surface area contributed by atoms with E-state index in [0.29, 0.717) is 59.0 Å². The maximum absolute atomic E-state index is 12.8. The summed E-state index contributed by atoms with van der Waals surface area (Å²) in [6, 6.07) is 44.4. The number of hydrogen-bond acceptors (Lipinski definition) is 15. The zero-order valence-corrected chi connectivity index (χ0v) is 45.8. The molecule has 0 saturated heterocycles. The van der Waals surface area contributed by atoms with Crippen molar-refractivity contribution in [3.05, 3.63) is 202 Å². The van der Waals surface area contributed by atoms with Crippen LogP contribution < -0.4 is 14.2 Å². The number of carbonyl (C=O) groups is 4. The van der Waals surface area contributed by atoms with Gasteiger partial charge in [0.2, 0.25) is 0 Å². The molecule has 0 aliphatic heterocycles. The highest BCUT2D eigenvalue weighted by Crippen LogP contribution is 2.37. The molecule has 3 N–H and O–H groups in total. The third kappa shape index (κ3) is 21.0. The molecule has 0 amide bonds. The monoisotopic (exact) mass is 1090 g/mol. The fraction of sp³-hybridized carbons (Fsp3) is 0.311. The zero-order valence-electron chi connectivity index (χ0n) is 43.4. The van der Waals surface area contributed by atoms with E-state index >= 15 is 0 Å². The zero-order chi connectivity index (χ0) is 54.5. The molecule has 6 aromatic carbocycles. The highest BCUT2D eigenvalue weighted by Gasteiger charge is 2.21. The number of hydrogen-bond donors (Lipinski definition) is 3. The molecular formula is C61H72O12S3. The summed E-state index contributed by atoms with van der Waals surface area (Å²) >= 11 is 4.71. The number of carbonyl (C=O) groups excluding carboxylic acids is 4. The van der Waals surface area contributed by atoms with Gasteiger partial charge in [-0.1, -0.05) is 111 Å². The Labute approximate surface area is 461 Å². The third-order valence-electron chi connectivity index (χ3n) is 11.6. The Balaban J connectivity index is 0.000000299. The van der Waals surface area contributed by atoms with Crippen molar-refractivity contribution in [2.45, 2.75) is 49.4 Å². The number of esters is 1. The number of Topliss-reactive ketones (excluding diaryl/α,β-unsaturated/α-hetero) is 3. The summed E-state index contributed by atoms with van der Waals surface area (Å²) in [7, 11) is 7.74. The van der Waals surface area contributed by atoms with Gasteiger partial charge in [0.25, 0.3) is 0 Å². The molecule has 0 aliphatic rings. The molecule has 12 nitrogen and oxygen atoms in total. The highest BCUT2D eigenvalue weighted by atomic mass is 32.2. The van der Waals surface area contributed by atoms with Crippen LogP contribution in [0, 0.1) is 6.92 Å². The van der Waals surface area contributed by atoms with E-state index in [9.17, 15) is 24.3 Å². The third-order valence-corrected chi connectivity index (χ3v) is 15.3. The molecule has 3 unspecified atom stereocenters. The van der Waals surface area contributed by atoms with Crippen molar-refractivity contribution >= 4 is 64.4 Å². The molecule has 0 heterocycles. The van der Waals surface area contributed by atoms with Crippen molar-refractivity contribution in [3.8, 4) is 17.2 Å². The van der Waals surface area contributed by atoms with Crippen molar-refractivity contribution < 1.29 is 58.2 Å². The van der Waals surface area contributed by atoms with E-state index in [1.54, 1.807) is 88.4 Å². The van der Waals surface area contributed by atoms with Crippen LogP contribution in [0.25, 0.3) is 5.76 Å². The van der Waals surface area contributed by atoms with E-state index in [1.807, 2.05) is 116 Å². The molecule has 0 saturated carbocycles. The fourth-order valence-electron chi connectivity index (χ4n) is 7.35. The highest BCUT2D eigenvalue weighted by molar-refractivity contribution is 8.00. The predicted molar refractivity (Wildman–Crippen MR) is 311 cm³/mol. The molecule has 0 fully saturated rings. The van der Waals surface area contributed by atoms with Crippen LogP contribution in [0.1, 0.15) is 112 Å². The van der Waals surface area contributed by atoms with Crippen LogP contribution in [0.4, 0.5) is 0 Å². The van der Waals surface area contributed by atoms with E-state index in [0.717, 1.165) is 50.6 Å². The first-order chi connectivity index (χ1) is 36.3. The van der Waals surface area contributed by atoms with Gasteiger partial charge in [0, 0.05) is 74.5 Å². The van der Waals surface area contributed by atoms with Gasteiger partial charge in [-0.3, -0.25) is 14.4 Å². The summed E-state index contributed by atoms with van der Waals surface area (Å²) in [4.78, 5) is 49.5. The molecular weight excluding hydrogens is 1020 g/mol. The second-order valence-electron chi connectivity index (χ2n) is 16.6. The Kier molecular flexibility index (Phi) is 29.5. The van der Waals surface area contributed by atoms with E-state index in [-0.39, 0.29) is 60.3 Å². The number of aliphatic hydroxyl groups excluding tert-OH is 3. The average molecular weight is 1090 g/mol. The van der Waals surface area contributed by atoms with Crippen molar-refractivity contribution in [1.82, 2.24) is 0 Å². The van der Waals surface area contributed by atoms with Gasteiger partial charge in [-0.05, 0) is 78.2 Å². The molecule has 15 heteroatoms. The summed E-state index contributed by atoms with van der Waals surface area (Å²) in [5.41, 5.74) is 7.36. The lowest BCUT2D eigenvalue weighted by Crippen LogP contribution is -2.08. The van der Waals surface area contributed by atoms with Crippen molar-refractivity contribution in [3.63, 3.8) is 0 Å². The van der Waals surface area contributed by atoms with Gasteiger partial charge < -0.3 is 39.0 Å². The minimum absolute atomic E-state index is 0. The number of aliphatic hydroxyl groups is 3. The van der Waals surface area contributed by atoms with Gasteiger partial charge in [0.15, 0.2) is 17.3 Å². The topological polar surface area (TPSA) is 175 Å². The lowest BCUT2D eigenvalue weighted by molar-refractivity contribution is 0.0600. The van der Waals surface area contributed by atoms with Crippen LogP contribution in [0.3, 0.4) is 0 Å². The first-order valence-electron chi connectivity index (χ1n) is 24.1. The van der Waals surface area contributed by atoms with Gasteiger partial charge in [-0.25, -0.2) is 4.79 Å². The van der Waals surface area contributed by atoms with Gasteiger partial charge in [0.1, 0.15) is 23.0 Å². The van der Waals surface area contributed by atoms with E-state index in [1.165, 1.54) is 18.9 Å². The van der Waals surface area contributed by atoms with E-state index in [2.05, 4.69) is 11.3 Å². The lowest BCUT2D eigenvalue weighted by Gasteiger charge is -2.17. The molecule has 0 spiro atoms. The van der Waals surface area contributed by atoms with Crippen molar-refractivity contribution in [1.29, 1.82) is 0 Å². The molecule has 406 valence electrons. The average Bonchev–Trinajstić information content (AvgIpc) is 3.46. The van der Waals surface area contributed by atoms with Gasteiger partial charge in [-0.15, -0.1) is 0 Å². The molecule has 76 heavy (non-hydrogen) atoms. The van der Waals surface area contributed by atoms with Gasteiger partial charge in [0.05, 0.1) is 60.9 Å². The molecule has 6 aromatic rings. The van der Waals surface area contributed by atoms with Crippen LogP contribution in [0.15, 0.2) is 152 Å². The van der Waals surface area contributed by atoms with Crippen molar-refractivity contribution in [2.24, 2.45) is 0 Å². The quantitative estimate of drug-likeness (QED) is 0.0252. The van der Waals surface area contributed by atoms with Gasteiger partial charge in [-0.2, -0.15) is 35.3 Å². The number of ether oxygens (including phenoxy) is 5. The number of benzene rings is 6. The van der Waals surface area contributed by atoms with Crippen LogP contribution >= 0.6 is 35.3 Å². The molecule has 0 aliphatic carbocycles. The summed E-state index contributed by atoms with van der Waals surface area (Å²) < 4.78 is 25.3. The Morgan fingerprint density at radius 1 is 0.447 bits per heavy atom. The molecule has 3 atom stereocenters. The van der Waals surface area contributed by atoms with Crippen LogP contribution in [0.5, 0.6) is 17.2 Å². The minimum Gasteiger partial charge on any atom is -0.497 e. The smallest absolute Gasteiger partial charge is 0.337 e. The Morgan fingerprint density at radius 2 is 0.776 bits per heavy atom. The molecule has 6 rings (SSSR count). The number of thioether (sulfide) groups is 3. The number of ketones is 3. The largest absolute Gasteiger partial charge is 0.497 e. The standard InChI is InChI=1S/C21H24O4S.C20H22O5S.C19H22O3S.CH4/c1-15(24-2)17-5-4-6-18(13-17)20(23)14-21(26-12-11-22)16-7-9-19(25-3)10-8-16;1-24-17-9-7-15(8-10-17)19(26-12-11-21)13-18(22)14-3-5-16(6-4-14)20(23)25-2;1-14-3-5-15(6-4-14)18(21)13-19(23-12-11-20)16-7-9-17(22-2)10-8-16;/h4-10,13,21-22H,1,11-12,14H2,2-3H3;3-10,19,21H,11-13H2,1-2H3;3-10,19-20H,11-13H2,1-2H3;1H4. The molecule has 0 aromatic heterocycles. The number of methoxy groups -OCH3 is 5. The number of rotatable bonds is 27. The van der Waals surface area contributed by atoms with E-state index in [4.69, 9.17) is 29.2 Å². The lowest BCUT2D eigenvalue weighted by atomic mass is 10.0. The van der Waals surface area contributed by atoms with Crippen LogP contribution in [0.2, 0.25) is 0 Å². The Hall–Kier alpha value is -6.33. The van der Waals surface area contributed by atoms with Crippen LogP contribution in [-0.2, 0) is 9.47 Å². The van der Waals surface area contributed by atoms with Crippen LogP contribution in [-0.4, -0.2) is 111 Å². The number of aryl methyl sites for hydroxylation is 1. The second kappa shape index (κ2) is 35.1. The van der Waals surface area contributed by atoms with Gasteiger partial charge >= 0.3 is 5.97 Å². The first kappa shape index (κ1) is 64.0. The normalized spacial score (nSPS) is 11.6. The SMILES string of the molecule is C.C=C(OC)c1cccc(C(=O)CC(SCCO)c2ccc(OC)cc2)c1.COC(=O)c1ccc(C(=O)CC(SCCO)c2ccc(OC)cc2)cc1.COc1ccc(C(CC(=O)c2ccc(C)cc2)SCCO)cc1. The first-order valence-corrected chi connectivity index (χ1v) is 27.2. The summed E-state index contributed by atoms with van der Waals surface area (Å²) in [6.45, 7) is 6.08. The maximum atomic E-state index is 12.8. The summed E-state index contributed by atoms with van der Waals surface area (Å²) in [6.07, 6.45) is 1.06. The minimum atomic E-state index is -0.432. The maximum Gasteiger partial charge on any atom is 0.337 e. The Bertz CT molecular complexity index is 2680. The fourth-order valence-corrected chi connectivity index (χ4v) is 10.4.